The third kappa shape index (κ3) is 4.33. The number of hydrogen-bond donors (Lipinski definition) is 0. The Bertz CT molecular complexity index is 1120. The Labute approximate surface area is 186 Å². The SMILES string of the molecule is Clc1cccc(C(c2nnc(-c3ccccc3)o2)N2CCN(c3ccccc3)CC2)c1. The van der Waals surface area contributed by atoms with Crippen LogP contribution in [0.3, 0.4) is 0 Å². The molecule has 1 fully saturated rings. The lowest BCUT2D eigenvalue weighted by Gasteiger charge is -2.39. The van der Waals surface area contributed by atoms with Crippen LogP contribution < -0.4 is 4.90 Å². The van der Waals surface area contributed by atoms with E-state index in [1.807, 2.05) is 48.5 Å². The highest BCUT2D eigenvalue weighted by Crippen LogP contribution is 2.32. The molecule has 0 aliphatic carbocycles. The van der Waals surface area contributed by atoms with Crippen LogP contribution in [0.4, 0.5) is 5.69 Å². The third-order valence-electron chi connectivity index (χ3n) is 5.66. The van der Waals surface area contributed by atoms with E-state index in [2.05, 4.69) is 56.4 Å². The molecule has 0 amide bonds. The number of hydrogen-bond acceptors (Lipinski definition) is 5. The largest absolute Gasteiger partial charge is 0.419 e. The van der Waals surface area contributed by atoms with Gasteiger partial charge < -0.3 is 9.32 Å². The minimum absolute atomic E-state index is 0.137. The molecule has 5 nitrogen and oxygen atoms in total. The highest BCUT2D eigenvalue weighted by atomic mass is 35.5. The van der Waals surface area contributed by atoms with Crippen LogP contribution in [0.25, 0.3) is 11.5 Å². The van der Waals surface area contributed by atoms with Gasteiger partial charge in [-0.15, -0.1) is 10.2 Å². The standard InChI is InChI=1S/C25H23ClN4O/c26-21-11-7-10-20(18-21)23(25-28-27-24(31-25)19-8-3-1-4-9-19)30-16-14-29(15-17-30)22-12-5-2-6-13-22/h1-13,18,23H,14-17H2. The summed E-state index contributed by atoms with van der Waals surface area (Å²) in [6.07, 6.45) is 0. The molecule has 3 aromatic carbocycles. The van der Waals surface area contributed by atoms with E-state index in [9.17, 15) is 0 Å². The van der Waals surface area contributed by atoms with Gasteiger partial charge in [0.15, 0.2) is 0 Å². The highest BCUT2D eigenvalue weighted by Gasteiger charge is 2.31. The Morgan fingerprint density at radius 1 is 0.774 bits per heavy atom. The summed E-state index contributed by atoms with van der Waals surface area (Å²) in [6.45, 7) is 3.63. The van der Waals surface area contributed by atoms with Crippen LogP contribution in [0.15, 0.2) is 89.3 Å². The van der Waals surface area contributed by atoms with Gasteiger partial charge in [0.1, 0.15) is 6.04 Å². The molecule has 0 N–H and O–H groups in total. The van der Waals surface area contributed by atoms with Crippen molar-refractivity contribution in [2.75, 3.05) is 31.1 Å². The van der Waals surface area contributed by atoms with Crippen LogP contribution in [-0.2, 0) is 0 Å². The van der Waals surface area contributed by atoms with Gasteiger partial charge in [-0.1, -0.05) is 60.1 Å². The summed E-state index contributed by atoms with van der Waals surface area (Å²) in [7, 11) is 0. The lowest BCUT2D eigenvalue weighted by Crippen LogP contribution is -2.48. The van der Waals surface area contributed by atoms with Crippen molar-refractivity contribution in [3.8, 4) is 11.5 Å². The van der Waals surface area contributed by atoms with Gasteiger partial charge in [-0.3, -0.25) is 4.90 Å². The zero-order valence-electron chi connectivity index (χ0n) is 17.1. The summed E-state index contributed by atoms with van der Waals surface area (Å²) in [6, 6.07) is 28.2. The zero-order valence-corrected chi connectivity index (χ0v) is 17.8. The first-order valence-corrected chi connectivity index (χ1v) is 10.8. The Morgan fingerprint density at radius 2 is 1.48 bits per heavy atom. The second-order valence-electron chi connectivity index (χ2n) is 7.63. The average Bonchev–Trinajstić information content (AvgIpc) is 3.31. The smallest absolute Gasteiger partial charge is 0.247 e. The number of aromatic nitrogens is 2. The first-order chi connectivity index (χ1) is 15.3. The lowest BCUT2D eigenvalue weighted by molar-refractivity contribution is 0.188. The number of benzene rings is 3. The van der Waals surface area contributed by atoms with E-state index in [1.54, 1.807) is 0 Å². The molecular formula is C25H23ClN4O. The predicted molar refractivity (Wildman–Crippen MR) is 123 cm³/mol. The molecule has 0 bridgehead atoms. The Kier molecular flexibility index (Phi) is 5.69. The van der Waals surface area contributed by atoms with Gasteiger partial charge in [0.25, 0.3) is 0 Å². The van der Waals surface area contributed by atoms with E-state index in [1.165, 1.54) is 5.69 Å². The van der Waals surface area contributed by atoms with E-state index in [4.69, 9.17) is 16.0 Å². The van der Waals surface area contributed by atoms with Crippen LogP contribution >= 0.6 is 11.6 Å². The number of anilines is 1. The maximum absolute atomic E-state index is 6.33. The molecule has 1 atom stereocenters. The molecule has 1 aliphatic rings. The molecule has 0 spiro atoms. The van der Waals surface area contributed by atoms with Crippen LogP contribution in [-0.4, -0.2) is 41.3 Å². The normalized spacial score (nSPS) is 15.7. The van der Waals surface area contributed by atoms with Crippen molar-refractivity contribution in [1.29, 1.82) is 0 Å². The fourth-order valence-electron chi connectivity index (χ4n) is 4.11. The second-order valence-corrected chi connectivity index (χ2v) is 8.06. The van der Waals surface area contributed by atoms with E-state index in [0.29, 0.717) is 16.8 Å². The molecule has 6 heteroatoms. The molecule has 5 rings (SSSR count). The number of piperazine rings is 1. The van der Waals surface area contributed by atoms with Gasteiger partial charge in [-0.25, -0.2) is 0 Å². The van der Waals surface area contributed by atoms with Gasteiger partial charge in [0.2, 0.25) is 11.8 Å². The van der Waals surface area contributed by atoms with Crippen LogP contribution in [0.1, 0.15) is 17.5 Å². The minimum Gasteiger partial charge on any atom is -0.419 e. The third-order valence-corrected chi connectivity index (χ3v) is 5.90. The minimum atomic E-state index is -0.137. The topological polar surface area (TPSA) is 45.4 Å². The molecule has 0 saturated carbocycles. The van der Waals surface area contributed by atoms with Crippen molar-refractivity contribution in [3.05, 3.63) is 101 Å². The van der Waals surface area contributed by atoms with Crippen molar-refractivity contribution < 1.29 is 4.42 Å². The molecular weight excluding hydrogens is 408 g/mol. The summed E-state index contributed by atoms with van der Waals surface area (Å²) < 4.78 is 6.17. The molecule has 1 aliphatic heterocycles. The monoisotopic (exact) mass is 430 g/mol. The van der Waals surface area contributed by atoms with Crippen LogP contribution in [0, 0.1) is 0 Å². The quantitative estimate of drug-likeness (QED) is 0.429. The molecule has 1 aromatic heterocycles. The summed E-state index contributed by atoms with van der Waals surface area (Å²) in [4.78, 5) is 4.81. The van der Waals surface area contributed by atoms with Crippen molar-refractivity contribution >= 4 is 17.3 Å². The summed E-state index contributed by atoms with van der Waals surface area (Å²) in [5.74, 6) is 1.12. The van der Waals surface area contributed by atoms with E-state index >= 15 is 0 Å². The number of rotatable bonds is 5. The van der Waals surface area contributed by atoms with E-state index in [0.717, 1.165) is 37.3 Å². The Hall–Kier alpha value is -3.15. The van der Waals surface area contributed by atoms with Crippen molar-refractivity contribution in [2.24, 2.45) is 0 Å². The highest BCUT2D eigenvalue weighted by molar-refractivity contribution is 6.30. The average molecular weight is 431 g/mol. The number of nitrogens with zero attached hydrogens (tertiary/aromatic N) is 4. The molecule has 1 saturated heterocycles. The van der Waals surface area contributed by atoms with Gasteiger partial charge in [0, 0.05) is 42.5 Å². The predicted octanol–water partition coefficient (Wildman–Crippen LogP) is 5.30. The van der Waals surface area contributed by atoms with Crippen molar-refractivity contribution in [3.63, 3.8) is 0 Å². The maximum Gasteiger partial charge on any atom is 0.247 e. The van der Waals surface area contributed by atoms with Crippen molar-refractivity contribution in [2.45, 2.75) is 6.04 Å². The molecule has 31 heavy (non-hydrogen) atoms. The number of para-hydroxylation sites is 1. The second kappa shape index (κ2) is 8.92. The molecule has 156 valence electrons. The van der Waals surface area contributed by atoms with Gasteiger partial charge in [0.05, 0.1) is 0 Å². The van der Waals surface area contributed by atoms with Gasteiger partial charge >= 0.3 is 0 Å². The fourth-order valence-corrected chi connectivity index (χ4v) is 4.30. The molecule has 1 unspecified atom stereocenters. The van der Waals surface area contributed by atoms with Crippen molar-refractivity contribution in [1.82, 2.24) is 15.1 Å². The first kappa shape index (κ1) is 19.8. The molecule has 4 aromatic rings. The molecule has 2 heterocycles. The molecule has 0 radical (unpaired) electrons. The summed E-state index contributed by atoms with van der Waals surface area (Å²) in [5, 5.41) is 9.46. The maximum atomic E-state index is 6.33. The lowest BCUT2D eigenvalue weighted by atomic mass is 10.0. The Balaban J connectivity index is 1.43. The first-order valence-electron chi connectivity index (χ1n) is 10.5. The summed E-state index contributed by atoms with van der Waals surface area (Å²) in [5.41, 5.74) is 3.23. The van der Waals surface area contributed by atoms with E-state index < -0.39 is 0 Å². The number of halogens is 1. The zero-order chi connectivity index (χ0) is 21.0. The Morgan fingerprint density at radius 3 is 2.19 bits per heavy atom. The van der Waals surface area contributed by atoms with Gasteiger partial charge in [-0.2, -0.15) is 0 Å². The van der Waals surface area contributed by atoms with Crippen LogP contribution in [0.5, 0.6) is 0 Å². The van der Waals surface area contributed by atoms with Gasteiger partial charge in [-0.05, 0) is 42.0 Å². The van der Waals surface area contributed by atoms with E-state index in [-0.39, 0.29) is 6.04 Å². The summed E-state index contributed by atoms with van der Waals surface area (Å²) >= 11 is 6.33. The van der Waals surface area contributed by atoms with Crippen LogP contribution in [0.2, 0.25) is 5.02 Å². The fraction of sp³-hybridized carbons (Fsp3) is 0.200.